The Morgan fingerprint density at radius 2 is 1.21 bits per heavy atom. The quantitative estimate of drug-likeness (QED) is 0.591. The first-order valence-corrected chi connectivity index (χ1v) is 9.58. The zero-order valence-electron chi connectivity index (χ0n) is 16.2. The molecule has 1 amide bonds. The van der Waals surface area contributed by atoms with Gasteiger partial charge < -0.3 is 9.80 Å². The molecule has 3 nitrogen and oxygen atoms in total. The number of para-hydroxylation sites is 2. The van der Waals surface area contributed by atoms with E-state index in [9.17, 15) is 4.79 Å². The number of hydrogen-bond donors (Lipinski definition) is 0. The minimum atomic E-state index is -0.155. The Balaban J connectivity index is 1.81. The number of amides is 1. The molecule has 3 heteroatoms. The Hall–Kier alpha value is -3.33. The van der Waals surface area contributed by atoms with Crippen molar-refractivity contribution in [2.75, 3.05) is 4.90 Å². The molecule has 0 aliphatic carbocycles. The van der Waals surface area contributed by atoms with E-state index in [1.807, 2.05) is 66.4 Å². The van der Waals surface area contributed by atoms with Crippen LogP contribution >= 0.6 is 0 Å². The summed E-state index contributed by atoms with van der Waals surface area (Å²) in [6.45, 7) is 4.58. The molecule has 140 valence electrons. The summed E-state index contributed by atoms with van der Waals surface area (Å²) in [6, 6.07) is 30.7. The van der Waals surface area contributed by atoms with Gasteiger partial charge in [-0.1, -0.05) is 66.7 Å². The predicted molar refractivity (Wildman–Crippen MR) is 114 cm³/mol. The normalized spacial score (nSPS) is 16.6. The molecule has 0 saturated heterocycles. The van der Waals surface area contributed by atoms with Crippen LogP contribution in [0.2, 0.25) is 0 Å². The van der Waals surface area contributed by atoms with E-state index in [1.54, 1.807) is 0 Å². The van der Waals surface area contributed by atoms with Crippen LogP contribution in [-0.4, -0.2) is 17.0 Å². The van der Waals surface area contributed by atoms with Gasteiger partial charge in [-0.3, -0.25) is 4.79 Å². The molecule has 1 atom stereocenters. The molecular weight excluding hydrogens is 344 g/mol. The van der Waals surface area contributed by atoms with Gasteiger partial charge in [-0.2, -0.15) is 0 Å². The maximum absolute atomic E-state index is 13.1. The third kappa shape index (κ3) is 3.31. The Morgan fingerprint density at radius 3 is 1.71 bits per heavy atom. The fourth-order valence-corrected chi connectivity index (χ4v) is 3.80. The van der Waals surface area contributed by atoms with Gasteiger partial charge in [-0.15, -0.1) is 0 Å². The fourth-order valence-electron chi connectivity index (χ4n) is 3.80. The van der Waals surface area contributed by atoms with Crippen LogP contribution in [0.1, 0.15) is 19.4 Å². The maximum Gasteiger partial charge on any atom is 0.251 e. The van der Waals surface area contributed by atoms with E-state index < -0.39 is 0 Å². The molecule has 28 heavy (non-hydrogen) atoms. The van der Waals surface area contributed by atoms with Crippen molar-refractivity contribution in [2.45, 2.75) is 26.6 Å². The number of nitrogens with zero attached hydrogens (tertiary/aromatic N) is 2. The molecule has 0 fully saturated rings. The molecule has 1 heterocycles. The van der Waals surface area contributed by atoms with E-state index in [4.69, 9.17) is 0 Å². The van der Waals surface area contributed by atoms with Crippen LogP contribution in [0.3, 0.4) is 0 Å². The number of carbonyl (C=O) groups is 1. The summed E-state index contributed by atoms with van der Waals surface area (Å²) in [6.07, 6.45) is -0.155. The summed E-state index contributed by atoms with van der Waals surface area (Å²) in [5.74, 6) is 0.100. The van der Waals surface area contributed by atoms with E-state index in [0.29, 0.717) is 6.54 Å². The van der Waals surface area contributed by atoms with Crippen LogP contribution in [0.4, 0.5) is 11.4 Å². The zero-order chi connectivity index (χ0) is 19.5. The van der Waals surface area contributed by atoms with Crippen molar-refractivity contribution in [3.8, 4) is 0 Å². The van der Waals surface area contributed by atoms with Crippen molar-refractivity contribution in [3.63, 3.8) is 0 Å². The first-order chi connectivity index (χ1) is 13.7. The SMILES string of the molecule is CC1=C(C)C(N(c2ccccc2)c2ccccc2)N(Cc2ccccc2)C1=O. The molecule has 4 rings (SSSR count). The van der Waals surface area contributed by atoms with E-state index in [1.165, 1.54) is 0 Å². The van der Waals surface area contributed by atoms with Crippen molar-refractivity contribution < 1.29 is 4.79 Å². The van der Waals surface area contributed by atoms with Crippen LogP contribution < -0.4 is 4.90 Å². The Kier molecular flexibility index (Phi) is 4.98. The zero-order valence-corrected chi connectivity index (χ0v) is 16.2. The lowest BCUT2D eigenvalue weighted by atomic mass is 10.1. The van der Waals surface area contributed by atoms with Crippen LogP contribution in [0.5, 0.6) is 0 Å². The summed E-state index contributed by atoms with van der Waals surface area (Å²) in [4.78, 5) is 17.4. The van der Waals surface area contributed by atoms with Crippen molar-refractivity contribution in [1.82, 2.24) is 4.90 Å². The second kappa shape index (κ2) is 7.73. The van der Waals surface area contributed by atoms with Crippen molar-refractivity contribution >= 4 is 17.3 Å². The third-order valence-corrected chi connectivity index (χ3v) is 5.36. The third-order valence-electron chi connectivity index (χ3n) is 5.36. The van der Waals surface area contributed by atoms with Crippen molar-refractivity contribution in [3.05, 3.63) is 108 Å². The van der Waals surface area contributed by atoms with Gasteiger partial charge in [0.05, 0.1) is 0 Å². The molecule has 0 bridgehead atoms. The Morgan fingerprint density at radius 1 is 0.750 bits per heavy atom. The van der Waals surface area contributed by atoms with Crippen molar-refractivity contribution in [1.29, 1.82) is 0 Å². The maximum atomic E-state index is 13.1. The second-order valence-corrected chi connectivity index (χ2v) is 7.14. The van der Waals surface area contributed by atoms with Gasteiger partial charge in [0.25, 0.3) is 5.91 Å². The Bertz CT molecular complexity index is 941. The average Bonchev–Trinajstić information content (AvgIpc) is 2.95. The fraction of sp³-hybridized carbons (Fsp3) is 0.160. The molecule has 1 aliphatic heterocycles. The van der Waals surface area contributed by atoms with Gasteiger partial charge in [0.1, 0.15) is 6.17 Å². The first kappa shape index (κ1) is 18.1. The van der Waals surface area contributed by atoms with Gasteiger partial charge >= 0.3 is 0 Å². The number of carbonyl (C=O) groups excluding carboxylic acids is 1. The molecule has 1 unspecified atom stereocenters. The summed E-state index contributed by atoms with van der Waals surface area (Å²) < 4.78 is 0. The smallest absolute Gasteiger partial charge is 0.251 e. The van der Waals surface area contributed by atoms with Gasteiger partial charge in [0.15, 0.2) is 0 Å². The molecule has 0 aromatic heterocycles. The van der Waals surface area contributed by atoms with Gasteiger partial charge in [-0.25, -0.2) is 0 Å². The number of hydrogen-bond acceptors (Lipinski definition) is 2. The van der Waals surface area contributed by atoms with Gasteiger partial charge in [-0.05, 0) is 49.2 Å². The van der Waals surface area contributed by atoms with Crippen molar-refractivity contribution in [2.24, 2.45) is 0 Å². The van der Waals surface area contributed by atoms with Crippen LogP contribution in [0, 0.1) is 0 Å². The predicted octanol–water partition coefficient (Wildman–Crippen LogP) is 5.53. The van der Waals surface area contributed by atoms with Crippen LogP contribution in [-0.2, 0) is 11.3 Å². The van der Waals surface area contributed by atoms with Crippen LogP contribution in [0.15, 0.2) is 102 Å². The molecule has 0 spiro atoms. The first-order valence-electron chi connectivity index (χ1n) is 9.58. The lowest BCUT2D eigenvalue weighted by Crippen LogP contribution is -2.45. The lowest BCUT2D eigenvalue weighted by molar-refractivity contribution is -0.127. The largest absolute Gasteiger partial charge is 0.317 e. The van der Waals surface area contributed by atoms with E-state index in [-0.39, 0.29) is 12.1 Å². The monoisotopic (exact) mass is 368 g/mol. The van der Waals surface area contributed by atoms with E-state index in [2.05, 4.69) is 48.2 Å². The van der Waals surface area contributed by atoms with Gasteiger partial charge in [0, 0.05) is 23.5 Å². The number of anilines is 2. The molecule has 3 aromatic carbocycles. The summed E-state index contributed by atoms with van der Waals surface area (Å²) in [5, 5.41) is 0. The average molecular weight is 368 g/mol. The minimum Gasteiger partial charge on any atom is -0.317 e. The molecule has 0 N–H and O–H groups in total. The standard InChI is InChI=1S/C25H24N2O/c1-19-20(2)25(28)26(18-21-12-6-3-7-13-21)24(19)27(22-14-8-4-9-15-22)23-16-10-5-11-17-23/h3-17,24H,18H2,1-2H3. The summed E-state index contributed by atoms with van der Waals surface area (Å²) in [7, 11) is 0. The number of rotatable bonds is 5. The topological polar surface area (TPSA) is 23.6 Å². The highest BCUT2D eigenvalue weighted by Gasteiger charge is 2.39. The molecule has 0 saturated carbocycles. The molecule has 0 radical (unpaired) electrons. The van der Waals surface area contributed by atoms with E-state index in [0.717, 1.165) is 28.1 Å². The highest BCUT2D eigenvalue weighted by molar-refractivity contribution is 5.98. The molecular formula is C25H24N2O. The number of benzene rings is 3. The highest BCUT2D eigenvalue weighted by atomic mass is 16.2. The van der Waals surface area contributed by atoms with Crippen LogP contribution in [0.25, 0.3) is 0 Å². The lowest BCUT2D eigenvalue weighted by Gasteiger charge is -2.38. The highest BCUT2D eigenvalue weighted by Crippen LogP contribution is 2.37. The molecule has 3 aromatic rings. The van der Waals surface area contributed by atoms with Gasteiger partial charge in [0.2, 0.25) is 0 Å². The summed E-state index contributed by atoms with van der Waals surface area (Å²) in [5.41, 5.74) is 5.19. The Labute approximate surface area is 166 Å². The molecule has 1 aliphatic rings. The summed E-state index contributed by atoms with van der Waals surface area (Å²) >= 11 is 0. The minimum absolute atomic E-state index is 0.100. The van der Waals surface area contributed by atoms with E-state index >= 15 is 0 Å². The second-order valence-electron chi connectivity index (χ2n) is 7.14.